The van der Waals surface area contributed by atoms with E-state index in [-0.39, 0.29) is 28.6 Å². The van der Waals surface area contributed by atoms with Gasteiger partial charge in [0.25, 0.3) is 5.91 Å². The van der Waals surface area contributed by atoms with Gasteiger partial charge in [0.1, 0.15) is 5.82 Å². The Morgan fingerprint density at radius 3 is 2.58 bits per heavy atom. The number of hydrogen-bond donors (Lipinski definition) is 2. The first kappa shape index (κ1) is 25.7. The van der Waals surface area contributed by atoms with Crippen molar-refractivity contribution in [3.8, 4) is 5.69 Å². The standard InChI is InChI=1S/C25H20Cl2FN5O2S/c1-15-5-4-6-17(11-15)33-22(13-29-24(35)18-10-9-16(26)12-19(18)27)31-32-25(33)36-14-23(34)30-21-8-3-2-7-20(21)28/h2-12H,13-14H2,1H3,(H,29,35)(H,30,34). The lowest BCUT2D eigenvalue weighted by Crippen LogP contribution is -2.25. The summed E-state index contributed by atoms with van der Waals surface area (Å²) in [6.07, 6.45) is 0. The van der Waals surface area contributed by atoms with Gasteiger partial charge in [-0.1, -0.05) is 59.2 Å². The van der Waals surface area contributed by atoms with Crippen LogP contribution in [0.15, 0.2) is 71.9 Å². The van der Waals surface area contributed by atoms with Gasteiger partial charge in [0.05, 0.1) is 28.6 Å². The Hall–Kier alpha value is -3.40. The summed E-state index contributed by atoms with van der Waals surface area (Å²) < 4.78 is 15.6. The van der Waals surface area contributed by atoms with Gasteiger partial charge in [0.2, 0.25) is 5.91 Å². The number of aryl methyl sites for hydroxylation is 1. The molecule has 0 aliphatic carbocycles. The van der Waals surface area contributed by atoms with Gasteiger partial charge in [-0.15, -0.1) is 10.2 Å². The predicted molar refractivity (Wildman–Crippen MR) is 139 cm³/mol. The first-order valence-electron chi connectivity index (χ1n) is 10.7. The van der Waals surface area contributed by atoms with Crippen molar-refractivity contribution < 1.29 is 14.0 Å². The molecule has 0 bridgehead atoms. The first-order chi connectivity index (χ1) is 17.3. The van der Waals surface area contributed by atoms with Gasteiger partial charge in [-0.25, -0.2) is 4.39 Å². The van der Waals surface area contributed by atoms with Crippen LogP contribution < -0.4 is 10.6 Å². The highest BCUT2D eigenvalue weighted by Crippen LogP contribution is 2.24. The molecule has 0 saturated carbocycles. The molecule has 3 aromatic carbocycles. The molecule has 4 rings (SSSR count). The molecule has 184 valence electrons. The summed E-state index contributed by atoms with van der Waals surface area (Å²) in [7, 11) is 0. The summed E-state index contributed by atoms with van der Waals surface area (Å²) >= 11 is 13.2. The fraction of sp³-hybridized carbons (Fsp3) is 0.120. The number of anilines is 1. The van der Waals surface area contributed by atoms with Crippen molar-refractivity contribution >= 4 is 52.5 Å². The lowest BCUT2D eigenvalue weighted by Gasteiger charge is -2.12. The number of amides is 2. The zero-order chi connectivity index (χ0) is 25.7. The molecular formula is C25H20Cl2FN5O2S. The van der Waals surface area contributed by atoms with E-state index in [0.29, 0.717) is 16.0 Å². The Balaban J connectivity index is 1.52. The zero-order valence-electron chi connectivity index (χ0n) is 19.0. The summed E-state index contributed by atoms with van der Waals surface area (Å²) in [6, 6.07) is 18.2. The third-order valence-electron chi connectivity index (χ3n) is 5.02. The molecule has 36 heavy (non-hydrogen) atoms. The molecule has 0 saturated heterocycles. The van der Waals surface area contributed by atoms with Crippen LogP contribution in [0.25, 0.3) is 5.69 Å². The quantitative estimate of drug-likeness (QED) is 0.279. The van der Waals surface area contributed by atoms with E-state index in [1.54, 1.807) is 28.8 Å². The fourth-order valence-electron chi connectivity index (χ4n) is 3.34. The van der Waals surface area contributed by atoms with Crippen LogP contribution in [-0.4, -0.2) is 32.3 Å². The number of nitrogens with zero attached hydrogens (tertiary/aromatic N) is 3. The summed E-state index contributed by atoms with van der Waals surface area (Å²) in [4.78, 5) is 25.1. The number of hydrogen-bond acceptors (Lipinski definition) is 5. The number of thioether (sulfide) groups is 1. The molecule has 0 radical (unpaired) electrons. The third kappa shape index (κ3) is 6.23. The van der Waals surface area contributed by atoms with E-state index < -0.39 is 17.6 Å². The number of carbonyl (C=O) groups excluding carboxylic acids is 2. The molecule has 0 atom stereocenters. The van der Waals surface area contributed by atoms with Crippen LogP contribution in [0, 0.1) is 12.7 Å². The SMILES string of the molecule is Cc1cccc(-n2c(CNC(=O)c3ccc(Cl)cc3Cl)nnc2SCC(=O)Nc2ccccc2F)c1. The molecule has 0 unspecified atom stereocenters. The first-order valence-corrected chi connectivity index (χ1v) is 12.5. The lowest BCUT2D eigenvalue weighted by molar-refractivity contribution is -0.113. The second-order valence-electron chi connectivity index (χ2n) is 7.70. The average molecular weight is 544 g/mol. The Kier molecular flexibility index (Phi) is 8.25. The molecule has 4 aromatic rings. The largest absolute Gasteiger partial charge is 0.345 e. The van der Waals surface area contributed by atoms with E-state index in [2.05, 4.69) is 20.8 Å². The smallest absolute Gasteiger partial charge is 0.253 e. The molecule has 0 aliphatic heterocycles. The van der Waals surface area contributed by atoms with Gasteiger partial charge in [-0.05, 0) is 55.0 Å². The predicted octanol–water partition coefficient (Wildman–Crippen LogP) is 5.68. The number of halogens is 3. The highest BCUT2D eigenvalue weighted by Gasteiger charge is 2.18. The fourth-order valence-corrected chi connectivity index (χ4v) is 4.61. The number of benzene rings is 3. The van der Waals surface area contributed by atoms with Crippen molar-refractivity contribution in [2.24, 2.45) is 0 Å². The van der Waals surface area contributed by atoms with E-state index in [4.69, 9.17) is 23.2 Å². The van der Waals surface area contributed by atoms with Crippen LogP contribution in [0.2, 0.25) is 10.0 Å². The molecule has 0 spiro atoms. The maximum Gasteiger partial charge on any atom is 0.253 e. The molecule has 1 heterocycles. The van der Waals surface area contributed by atoms with E-state index in [0.717, 1.165) is 23.0 Å². The maximum absolute atomic E-state index is 13.9. The van der Waals surface area contributed by atoms with Crippen LogP contribution in [0.4, 0.5) is 10.1 Å². The van der Waals surface area contributed by atoms with Gasteiger partial charge in [-0.2, -0.15) is 0 Å². The van der Waals surface area contributed by atoms with Gasteiger partial charge in [0.15, 0.2) is 11.0 Å². The molecule has 2 N–H and O–H groups in total. The monoisotopic (exact) mass is 543 g/mol. The molecule has 0 fully saturated rings. The van der Waals surface area contributed by atoms with E-state index in [9.17, 15) is 14.0 Å². The van der Waals surface area contributed by atoms with Crippen LogP contribution in [0.5, 0.6) is 0 Å². The van der Waals surface area contributed by atoms with Crippen LogP contribution in [0.1, 0.15) is 21.7 Å². The summed E-state index contributed by atoms with van der Waals surface area (Å²) in [5.41, 5.74) is 2.16. The zero-order valence-corrected chi connectivity index (χ0v) is 21.3. The van der Waals surface area contributed by atoms with Crippen molar-refractivity contribution in [1.29, 1.82) is 0 Å². The minimum absolute atomic E-state index is 0.0228. The summed E-state index contributed by atoms with van der Waals surface area (Å²) in [5, 5.41) is 14.9. The van der Waals surface area contributed by atoms with Gasteiger partial charge in [0, 0.05) is 10.7 Å². The van der Waals surface area contributed by atoms with Gasteiger partial charge >= 0.3 is 0 Å². The highest BCUT2D eigenvalue weighted by atomic mass is 35.5. The Labute approximate surface area is 221 Å². The van der Waals surface area contributed by atoms with E-state index in [1.807, 2.05) is 31.2 Å². The second-order valence-corrected chi connectivity index (χ2v) is 9.48. The van der Waals surface area contributed by atoms with E-state index >= 15 is 0 Å². The van der Waals surface area contributed by atoms with Crippen LogP contribution >= 0.6 is 35.0 Å². The molecule has 1 aromatic heterocycles. The van der Waals surface area contributed by atoms with E-state index in [1.165, 1.54) is 18.2 Å². The minimum atomic E-state index is -0.516. The number of nitrogens with one attached hydrogen (secondary N) is 2. The summed E-state index contributed by atoms with van der Waals surface area (Å²) in [6.45, 7) is 2.01. The third-order valence-corrected chi connectivity index (χ3v) is 6.50. The van der Waals surface area contributed by atoms with Crippen molar-refractivity contribution in [2.75, 3.05) is 11.1 Å². The number of para-hydroxylation sites is 1. The molecule has 0 aliphatic rings. The lowest BCUT2D eigenvalue weighted by atomic mass is 10.2. The Morgan fingerprint density at radius 2 is 1.83 bits per heavy atom. The second kappa shape index (κ2) is 11.6. The Bertz CT molecular complexity index is 1430. The molecule has 7 nitrogen and oxygen atoms in total. The number of rotatable bonds is 8. The molecule has 11 heteroatoms. The number of aromatic nitrogens is 3. The van der Waals surface area contributed by atoms with Crippen molar-refractivity contribution in [1.82, 2.24) is 20.1 Å². The summed E-state index contributed by atoms with van der Waals surface area (Å²) in [5.74, 6) is -0.871. The van der Waals surface area contributed by atoms with Crippen molar-refractivity contribution in [3.05, 3.63) is 99.5 Å². The highest BCUT2D eigenvalue weighted by molar-refractivity contribution is 7.99. The molecular weight excluding hydrogens is 524 g/mol. The normalized spacial score (nSPS) is 10.8. The van der Waals surface area contributed by atoms with Gasteiger partial charge in [-0.3, -0.25) is 14.2 Å². The number of carbonyl (C=O) groups is 2. The van der Waals surface area contributed by atoms with Crippen molar-refractivity contribution in [3.63, 3.8) is 0 Å². The average Bonchev–Trinajstić information content (AvgIpc) is 3.25. The van der Waals surface area contributed by atoms with Crippen molar-refractivity contribution in [2.45, 2.75) is 18.6 Å². The Morgan fingerprint density at radius 1 is 1.03 bits per heavy atom. The topological polar surface area (TPSA) is 88.9 Å². The van der Waals surface area contributed by atoms with Crippen LogP contribution in [0.3, 0.4) is 0 Å². The van der Waals surface area contributed by atoms with Gasteiger partial charge < -0.3 is 10.6 Å². The van der Waals surface area contributed by atoms with Crippen LogP contribution in [-0.2, 0) is 11.3 Å². The molecule has 2 amide bonds. The minimum Gasteiger partial charge on any atom is -0.345 e. The maximum atomic E-state index is 13.9.